The third-order valence-corrected chi connectivity index (χ3v) is 7.41. The van der Waals surface area contributed by atoms with Gasteiger partial charge in [-0.15, -0.1) is 11.3 Å². The van der Waals surface area contributed by atoms with Crippen LogP contribution in [0.15, 0.2) is 29.6 Å². The molecule has 0 bridgehead atoms. The topological polar surface area (TPSA) is 56.1 Å². The Morgan fingerprint density at radius 1 is 1.25 bits per heavy atom. The van der Waals surface area contributed by atoms with Gasteiger partial charge in [-0.2, -0.15) is 0 Å². The fraction of sp³-hybridized carbons (Fsp3) is 0.188. The lowest BCUT2D eigenvalue weighted by Crippen LogP contribution is -2.16. The number of rotatable bonds is 4. The maximum Gasteiger partial charge on any atom is 0.239 e. The van der Waals surface area contributed by atoms with Crippen molar-refractivity contribution in [1.29, 1.82) is 0 Å². The van der Waals surface area contributed by atoms with Crippen LogP contribution < -0.4 is 0 Å². The van der Waals surface area contributed by atoms with Gasteiger partial charge in [-0.05, 0) is 37.4 Å². The fourth-order valence-electron chi connectivity index (χ4n) is 2.66. The van der Waals surface area contributed by atoms with Crippen molar-refractivity contribution >= 4 is 60.6 Å². The van der Waals surface area contributed by atoms with Crippen LogP contribution in [-0.4, -0.2) is 23.9 Å². The summed E-state index contributed by atoms with van der Waals surface area (Å²) in [7, 11) is -3.52. The Bertz CT molecular complexity index is 1060. The van der Waals surface area contributed by atoms with Crippen molar-refractivity contribution in [2.45, 2.75) is 13.8 Å². The molecular weight excluding hydrogens is 389 g/mol. The molecule has 0 unspecified atom stereocenters. The van der Waals surface area contributed by atoms with Crippen LogP contribution in [0.25, 0.3) is 10.2 Å². The maximum absolute atomic E-state index is 13.0. The number of ketones is 1. The first-order valence-corrected chi connectivity index (χ1v) is 10.3. The number of halogens is 2. The van der Waals surface area contributed by atoms with E-state index in [-0.39, 0.29) is 27.1 Å². The Hall–Kier alpha value is -1.34. The summed E-state index contributed by atoms with van der Waals surface area (Å²) in [5.41, 5.74) is 0.985. The number of carbonyl (C=O) groups is 1. The van der Waals surface area contributed by atoms with Gasteiger partial charge in [0.05, 0.1) is 21.4 Å². The lowest BCUT2D eigenvalue weighted by atomic mass is 10.0. The van der Waals surface area contributed by atoms with Crippen LogP contribution in [0.3, 0.4) is 0 Å². The summed E-state index contributed by atoms with van der Waals surface area (Å²) in [6.07, 6.45) is 0. The lowest BCUT2D eigenvalue weighted by Gasteiger charge is -2.08. The molecule has 2 aromatic heterocycles. The van der Waals surface area contributed by atoms with E-state index in [0.29, 0.717) is 21.5 Å². The zero-order valence-electron chi connectivity index (χ0n) is 12.8. The molecule has 3 rings (SSSR count). The molecule has 0 radical (unpaired) electrons. The van der Waals surface area contributed by atoms with Gasteiger partial charge >= 0.3 is 0 Å². The van der Waals surface area contributed by atoms with Crippen molar-refractivity contribution in [3.8, 4) is 0 Å². The van der Waals surface area contributed by atoms with Crippen LogP contribution in [-0.2, 0) is 10.0 Å². The Morgan fingerprint density at radius 2 is 1.96 bits per heavy atom. The molecule has 0 aliphatic heterocycles. The lowest BCUT2D eigenvalue weighted by molar-refractivity contribution is 0.104. The summed E-state index contributed by atoms with van der Waals surface area (Å²) in [6.45, 7) is 3.20. The van der Waals surface area contributed by atoms with Crippen molar-refractivity contribution in [3.63, 3.8) is 0 Å². The maximum atomic E-state index is 13.0. The molecule has 0 atom stereocenters. The Balaban J connectivity index is 2.32. The molecule has 0 fully saturated rings. The number of nitrogens with zero attached hydrogens (tertiary/aromatic N) is 1. The molecule has 0 aliphatic carbocycles. The molecule has 0 amide bonds. The molecule has 3 aromatic rings. The summed E-state index contributed by atoms with van der Waals surface area (Å²) in [5, 5.41) is 2.82. The van der Waals surface area contributed by atoms with Gasteiger partial charge in [-0.1, -0.05) is 29.3 Å². The molecule has 1 aromatic carbocycles. The summed E-state index contributed by atoms with van der Waals surface area (Å²) >= 11 is 13.4. The van der Waals surface area contributed by atoms with Crippen LogP contribution in [0.2, 0.25) is 10.0 Å². The van der Waals surface area contributed by atoms with Gasteiger partial charge in [-0.3, -0.25) is 4.79 Å². The van der Waals surface area contributed by atoms with Gasteiger partial charge < -0.3 is 0 Å². The monoisotopic (exact) mass is 401 g/mol. The minimum atomic E-state index is -3.52. The summed E-state index contributed by atoms with van der Waals surface area (Å²) < 4.78 is 26.1. The van der Waals surface area contributed by atoms with E-state index in [4.69, 9.17) is 23.2 Å². The van der Waals surface area contributed by atoms with Crippen LogP contribution in [0, 0.1) is 6.92 Å². The van der Waals surface area contributed by atoms with Gasteiger partial charge in [0.15, 0.2) is 5.78 Å². The first-order valence-electron chi connectivity index (χ1n) is 7.10. The molecule has 126 valence electrons. The quantitative estimate of drug-likeness (QED) is 0.592. The van der Waals surface area contributed by atoms with E-state index in [2.05, 4.69) is 0 Å². The largest absolute Gasteiger partial charge is 0.288 e. The molecule has 8 heteroatoms. The normalized spacial score (nSPS) is 12.0. The smallest absolute Gasteiger partial charge is 0.239 e. The first kappa shape index (κ1) is 17.5. The van der Waals surface area contributed by atoms with E-state index in [1.807, 2.05) is 0 Å². The number of carbonyl (C=O) groups excluding carboxylic acids is 1. The number of fused-ring (bicyclic) bond motifs is 1. The highest BCUT2D eigenvalue weighted by molar-refractivity contribution is 7.90. The van der Waals surface area contributed by atoms with E-state index in [0.717, 1.165) is 0 Å². The number of hydrogen-bond donors (Lipinski definition) is 0. The van der Waals surface area contributed by atoms with Crippen LogP contribution in [0.1, 0.15) is 28.5 Å². The van der Waals surface area contributed by atoms with Gasteiger partial charge in [0.2, 0.25) is 10.0 Å². The molecule has 2 heterocycles. The molecule has 24 heavy (non-hydrogen) atoms. The number of thiophene rings is 1. The van der Waals surface area contributed by atoms with Crippen molar-refractivity contribution < 1.29 is 13.2 Å². The van der Waals surface area contributed by atoms with Gasteiger partial charge in [0.1, 0.15) is 4.83 Å². The minimum absolute atomic E-state index is 0.0545. The van der Waals surface area contributed by atoms with E-state index >= 15 is 0 Å². The molecule has 4 nitrogen and oxygen atoms in total. The molecule has 0 aliphatic rings. The highest BCUT2D eigenvalue weighted by Gasteiger charge is 2.28. The van der Waals surface area contributed by atoms with Gasteiger partial charge in [-0.25, -0.2) is 12.4 Å². The second-order valence-electron chi connectivity index (χ2n) is 5.20. The summed E-state index contributed by atoms with van der Waals surface area (Å²) in [4.78, 5) is 13.6. The highest BCUT2D eigenvalue weighted by Crippen LogP contribution is 2.35. The van der Waals surface area contributed by atoms with Crippen molar-refractivity contribution in [2.75, 3.05) is 5.75 Å². The summed E-state index contributed by atoms with van der Waals surface area (Å²) in [6, 6.07) is 6.57. The van der Waals surface area contributed by atoms with Crippen LogP contribution >= 0.6 is 34.5 Å². The molecule has 0 saturated heterocycles. The zero-order valence-corrected chi connectivity index (χ0v) is 16.0. The zero-order chi connectivity index (χ0) is 17.6. The van der Waals surface area contributed by atoms with Crippen molar-refractivity contribution in [3.05, 3.63) is 56.5 Å². The molecule has 0 saturated carbocycles. The fourth-order valence-corrected chi connectivity index (χ4v) is 5.50. The third kappa shape index (κ3) is 2.58. The van der Waals surface area contributed by atoms with Gasteiger partial charge in [0.25, 0.3) is 0 Å². The summed E-state index contributed by atoms with van der Waals surface area (Å²) in [5.74, 6) is -0.394. The number of aromatic nitrogens is 1. The second kappa shape index (κ2) is 6.19. The molecule has 0 spiro atoms. The van der Waals surface area contributed by atoms with E-state index in [9.17, 15) is 13.2 Å². The standard InChI is InChI=1S/C16H13Cl2NO3S2/c1-3-24(21,22)19-9(2)13(10-7-8-23-16(10)19)15(20)11-5-4-6-12(17)14(11)18/h4-8H,3H2,1-2H3. The molecule has 0 N–H and O–H groups in total. The predicted molar refractivity (Wildman–Crippen MR) is 99.3 cm³/mol. The van der Waals surface area contributed by atoms with E-state index < -0.39 is 10.0 Å². The van der Waals surface area contributed by atoms with Crippen LogP contribution in [0.5, 0.6) is 0 Å². The van der Waals surface area contributed by atoms with E-state index in [1.54, 1.807) is 43.5 Å². The average molecular weight is 402 g/mol. The predicted octanol–water partition coefficient (Wildman–Crippen LogP) is 4.75. The van der Waals surface area contributed by atoms with Crippen molar-refractivity contribution in [1.82, 2.24) is 3.97 Å². The van der Waals surface area contributed by atoms with Crippen molar-refractivity contribution in [2.24, 2.45) is 0 Å². The molecular formula is C16H13Cl2NO3S2. The third-order valence-electron chi connectivity index (χ3n) is 3.83. The van der Waals surface area contributed by atoms with E-state index in [1.165, 1.54) is 15.3 Å². The Labute approximate surface area is 153 Å². The van der Waals surface area contributed by atoms with Crippen LogP contribution in [0.4, 0.5) is 0 Å². The Morgan fingerprint density at radius 3 is 2.62 bits per heavy atom. The highest BCUT2D eigenvalue weighted by atomic mass is 35.5. The number of hydrogen-bond acceptors (Lipinski definition) is 4. The SMILES string of the molecule is CCS(=O)(=O)n1c(C)c(C(=O)c2cccc(Cl)c2Cl)c2ccsc21. The van der Waals surface area contributed by atoms with Gasteiger partial charge in [0, 0.05) is 16.6 Å². The average Bonchev–Trinajstić information content (AvgIpc) is 3.08. The first-order chi connectivity index (χ1) is 11.3. The minimum Gasteiger partial charge on any atom is -0.288 e. The second-order valence-corrected chi connectivity index (χ2v) is 8.98. The number of benzene rings is 1. The Kier molecular flexibility index (Phi) is 4.51.